The van der Waals surface area contributed by atoms with E-state index in [1.54, 1.807) is 10.7 Å². The number of hydrogen-bond donors (Lipinski definition) is 1. The van der Waals surface area contributed by atoms with Crippen molar-refractivity contribution in [3.8, 4) is 0 Å². The summed E-state index contributed by atoms with van der Waals surface area (Å²) in [7, 11) is 0. The second-order valence-electron chi connectivity index (χ2n) is 6.00. The highest BCUT2D eigenvalue weighted by atomic mass is 16.2. The zero-order chi connectivity index (χ0) is 16.7. The molecule has 1 N–H and O–H groups in total. The number of unbranched alkanes of at least 4 members (excludes halogenated alkanes) is 3. The Morgan fingerprint density at radius 1 is 1.26 bits per heavy atom. The molecule has 0 fully saturated rings. The number of benzene rings is 1. The fourth-order valence-electron chi connectivity index (χ4n) is 2.69. The molecule has 0 saturated carbocycles. The Hall–Kier alpha value is -2.17. The fourth-order valence-corrected chi connectivity index (χ4v) is 2.69. The van der Waals surface area contributed by atoms with Crippen molar-refractivity contribution >= 4 is 16.8 Å². The highest BCUT2D eigenvalue weighted by molar-refractivity contribution is 5.81. The molecule has 1 unspecified atom stereocenters. The minimum atomic E-state index is -0.124. The molecule has 0 spiro atoms. The first-order chi connectivity index (χ1) is 11.1. The molecular weight excluding hydrogens is 290 g/mol. The molecule has 5 nitrogen and oxygen atoms in total. The van der Waals surface area contributed by atoms with Crippen molar-refractivity contribution in [3.05, 3.63) is 40.7 Å². The molecule has 23 heavy (non-hydrogen) atoms. The number of amides is 1. The van der Waals surface area contributed by atoms with Crippen LogP contribution in [0.4, 0.5) is 0 Å². The molecular formula is C18H25N3O2. The first-order valence-corrected chi connectivity index (χ1v) is 8.36. The number of carbonyl (C=O) groups excluding carboxylic acids is 1. The van der Waals surface area contributed by atoms with Gasteiger partial charge >= 0.3 is 0 Å². The van der Waals surface area contributed by atoms with Crippen LogP contribution >= 0.6 is 0 Å². The molecule has 0 aliphatic heterocycles. The number of para-hydroxylation sites is 1. The normalized spacial score (nSPS) is 12.3. The van der Waals surface area contributed by atoms with Gasteiger partial charge in [0, 0.05) is 11.4 Å². The molecule has 124 valence electrons. The van der Waals surface area contributed by atoms with Gasteiger partial charge in [-0.15, -0.1) is 0 Å². The van der Waals surface area contributed by atoms with E-state index in [1.807, 2.05) is 25.1 Å². The molecule has 5 heteroatoms. The second-order valence-corrected chi connectivity index (χ2v) is 6.00. The van der Waals surface area contributed by atoms with Gasteiger partial charge in [0.2, 0.25) is 11.3 Å². The Bertz CT molecular complexity index is 709. The highest BCUT2D eigenvalue weighted by Gasteiger charge is 2.10. The molecule has 1 aromatic carbocycles. The molecule has 0 bridgehead atoms. The zero-order valence-electron chi connectivity index (χ0n) is 13.9. The van der Waals surface area contributed by atoms with Crippen LogP contribution in [0.15, 0.2) is 35.3 Å². The summed E-state index contributed by atoms with van der Waals surface area (Å²) < 4.78 is 1.58. The van der Waals surface area contributed by atoms with E-state index in [2.05, 4.69) is 17.3 Å². The summed E-state index contributed by atoms with van der Waals surface area (Å²) in [5.74, 6) is -0.0747. The van der Waals surface area contributed by atoms with E-state index in [1.165, 1.54) is 25.5 Å². The van der Waals surface area contributed by atoms with Gasteiger partial charge in [-0.25, -0.2) is 0 Å². The smallest absolute Gasteiger partial charge is 0.241 e. The molecule has 1 heterocycles. The van der Waals surface area contributed by atoms with Gasteiger partial charge in [0.25, 0.3) is 0 Å². The third kappa shape index (κ3) is 4.91. The molecule has 0 radical (unpaired) electrons. The van der Waals surface area contributed by atoms with Crippen LogP contribution in [0.2, 0.25) is 0 Å². The maximum atomic E-state index is 12.2. The largest absolute Gasteiger partial charge is 0.352 e. The molecule has 0 aliphatic rings. The summed E-state index contributed by atoms with van der Waals surface area (Å²) in [6, 6.07) is 7.38. The van der Waals surface area contributed by atoms with Crippen LogP contribution in [0.1, 0.15) is 46.0 Å². The monoisotopic (exact) mass is 315 g/mol. The summed E-state index contributed by atoms with van der Waals surface area (Å²) in [6.07, 6.45) is 7.06. The third-order valence-electron chi connectivity index (χ3n) is 3.95. The first-order valence-electron chi connectivity index (χ1n) is 8.36. The lowest BCUT2D eigenvalue weighted by Gasteiger charge is -2.15. The highest BCUT2D eigenvalue weighted by Crippen LogP contribution is 2.08. The Balaban J connectivity index is 1.96. The summed E-state index contributed by atoms with van der Waals surface area (Å²) >= 11 is 0. The van der Waals surface area contributed by atoms with Crippen molar-refractivity contribution in [3.63, 3.8) is 0 Å². The molecule has 0 saturated heterocycles. The number of nitrogens with one attached hydrogen (secondary N) is 1. The zero-order valence-corrected chi connectivity index (χ0v) is 13.9. The maximum absolute atomic E-state index is 12.2. The lowest BCUT2D eigenvalue weighted by Crippen LogP contribution is -2.35. The maximum Gasteiger partial charge on any atom is 0.241 e. The summed E-state index contributed by atoms with van der Waals surface area (Å²) in [5.41, 5.74) is 0.562. The van der Waals surface area contributed by atoms with Crippen LogP contribution < -0.4 is 10.7 Å². The van der Waals surface area contributed by atoms with E-state index < -0.39 is 0 Å². The van der Waals surface area contributed by atoms with Gasteiger partial charge in [-0.1, -0.05) is 44.7 Å². The van der Waals surface area contributed by atoms with Crippen molar-refractivity contribution in [2.45, 2.75) is 58.5 Å². The Kier molecular flexibility index (Phi) is 6.32. The number of aromatic nitrogens is 2. The number of carbonyl (C=O) groups is 1. The number of hydrogen-bond acceptors (Lipinski definition) is 3. The first kappa shape index (κ1) is 17.2. The minimum absolute atomic E-state index is 0.0747. The van der Waals surface area contributed by atoms with E-state index in [9.17, 15) is 9.59 Å². The molecule has 0 aliphatic carbocycles. The quantitative estimate of drug-likeness (QED) is 0.762. The fraction of sp³-hybridized carbons (Fsp3) is 0.500. The average molecular weight is 315 g/mol. The molecule has 2 rings (SSSR count). The van der Waals surface area contributed by atoms with Crippen LogP contribution in [0, 0.1) is 0 Å². The third-order valence-corrected chi connectivity index (χ3v) is 3.95. The summed E-state index contributed by atoms with van der Waals surface area (Å²) in [4.78, 5) is 24.0. The predicted octanol–water partition coefficient (Wildman–Crippen LogP) is 2.87. The van der Waals surface area contributed by atoms with Crippen molar-refractivity contribution in [2.75, 3.05) is 0 Å². The molecule has 2 aromatic rings. The summed E-state index contributed by atoms with van der Waals surface area (Å²) in [6.45, 7) is 4.34. The van der Waals surface area contributed by atoms with Crippen molar-refractivity contribution in [1.82, 2.24) is 15.1 Å². The molecule has 1 amide bonds. The average Bonchev–Trinajstić information content (AvgIpc) is 2.54. The second kappa shape index (κ2) is 8.46. The van der Waals surface area contributed by atoms with E-state index in [-0.39, 0.29) is 23.9 Å². The molecule has 1 atom stereocenters. The van der Waals surface area contributed by atoms with Crippen LogP contribution in [-0.2, 0) is 11.3 Å². The van der Waals surface area contributed by atoms with E-state index in [4.69, 9.17) is 0 Å². The number of fused-ring (bicyclic) bond motifs is 1. The van der Waals surface area contributed by atoms with Gasteiger partial charge < -0.3 is 5.32 Å². The van der Waals surface area contributed by atoms with Gasteiger partial charge in [0.15, 0.2) is 0 Å². The van der Waals surface area contributed by atoms with Crippen LogP contribution in [-0.4, -0.2) is 21.7 Å². The minimum Gasteiger partial charge on any atom is -0.352 e. The SMILES string of the molecule is CCCCCCC(C)NC(=O)Cn1ncc(=O)c2ccccc21. The lowest BCUT2D eigenvalue weighted by molar-refractivity contribution is -0.122. The number of nitrogens with zero attached hydrogens (tertiary/aromatic N) is 2. The van der Waals surface area contributed by atoms with Gasteiger partial charge in [-0.3, -0.25) is 14.3 Å². The van der Waals surface area contributed by atoms with Gasteiger partial charge in [-0.2, -0.15) is 5.10 Å². The van der Waals surface area contributed by atoms with Gasteiger partial charge in [0.1, 0.15) is 6.54 Å². The van der Waals surface area contributed by atoms with Gasteiger partial charge in [0.05, 0.1) is 11.7 Å². The standard InChI is InChI=1S/C18H25N3O2/c1-3-4-5-6-9-14(2)20-18(23)13-21-16-11-8-7-10-15(16)17(22)12-19-21/h7-8,10-12,14H,3-6,9,13H2,1-2H3,(H,20,23). The molecule has 1 aromatic heterocycles. The Labute approximate surface area is 136 Å². The van der Waals surface area contributed by atoms with Gasteiger partial charge in [-0.05, 0) is 25.5 Å². The lowest BCUT2D eigenvalue weighted by atomic mass is 10.1. The Morgan fingerprint density at radius 2 is 2.04 bits per heavy atom. The predicted molar refractivity (Wildman–Crippen MR) is 92.4 cm³/mol. The van der Waals surface area contributed by atoms with E-state index in [0.29, 0.717) is 10.9 Å². The van der Waals surface area contributed by atoms with Crippen LogP contribution in [0.3, 0.4) is 0 Å². The Morgan fingerprint density at radius 3 is 2.83 bits per heavy atom. The van der Waals surface area contributed by atoms with Crippen molar-refractivity contribution in [1.29, 1.82) is 0 Å². The van der Waals surface area contributed by atoms with E-state index in [0.717, 1.165) is 12.8 Å². The summed E-state index contributed by atoms with van der Waals surface area (Å²) in [5, 5.41) is 7.68. The number of rotatable bonds is 8. The van der Waals surface area contributed by atoms with Crippen LogP contribution in [0.25, 0.3) is 10.9 Å². The van der Waals surface area contributed by atoms with Crippen LogP contribution in [0.5, 0.6) is 0 Å². The van der Waals surface area contributed by atoms with E-state index >= 15 is 0 Å². The topological polar surface area (TPSA) is 64.0 Å². The van der Waals surface area contributed by atoms with Crippen molar-refractivity contribution in [2.24, 2.45) is 0 Å². The van der Waals surface area contributed by atoms with Crippen molar-refractivity contribution < 1.29 is 4.79 Å².